The van der Waals surface area contributed by atoms with E-state index in [9.17, 15) is 18.0 Å². The van der Waals surface area contributed by atoms with Gasteiger partial charge in [0, 0.05) is 16.3 Å². The Balaban J connectivity index is 1.88. The Hall–Kier alpha value is -2.91. The van der Waals surface area contributed by atoms with Gasteiger partial charge in [-0.25, -0.2) is 8.42 Å². The van der Waals surface area contributed by atoms with Crippen molar-refractivity contribution in [2.24, 2.45) is 5.73 Å². The standard InChI is InChI=1S/C22H19Cl2N3O4S/c23-16-8-11-18(24)20(13-16)32(30,31)27-19(12-14-4-2-1-3-5-14)22(29)26-17-9-6-15(7-10-17)21(25)28/h1-11,13,19,27H,12H2,(H2,25,28)(H,26,29)/t19-/m0/s1. The highest BCUT2D eigenvalue weighted by Gasteiger charge is 2.28. The van der Waals surface area contributed by atoms with Crippen LogP contribution in [0.5, 0.6) is 0 Å². The predicted octanol–water partition coefficient (Wildman–Crippen LogP) is 3.62. The Morgan fingerprint density at radius 1 is 0.938 bits per heavy atom. The summed E-state index contributed by atoms with van der Waals surface area (Å²) in [6, 6.07) is 17.8. The van der Waals surface area contributed by atoms with Crippen molar-refractivity contribution < 1.29 is 18.0 Å². The predicted molar refractivity (Wildman–Crippen MR) is 124 cm³/mol. The molecule has 0 spiro atoms. The van der Waals surface area contributed by atoms with E-state index >= 15 is 0 Å². The van der Waals surface area contributed by atoms with Gasteiger partial charge in [-0.2, -0.15) is 4.72 Å². The van der Waals surface area contributed by atoms with Gasteiger partial charge >= 0.3 is 0 Å². The maximum Gasteiger partial charge on any atom is 0.248 e. The zero-order valence-corrected chi connectivity index (χ0v) is 18.9. The van der Waals surface area contributed by atoms with Crippen LogP contribution in [0, 0.1) is 0 Å². The van der Waals surface area contributed by atoms with Crippen LogP contribution in [0.2, 0.25) is 10.0 Å². The molecule has 3 rings (SSSR count). The third-order valence-corrected chi connectivity index (χ3v) is 6.70. The molecule has 0 radical (unpaired) electrons. The second-order valence-electron chi connectivity index (χ2n) is 6.87. The van der Waals surface area contributed by atoms with Crippen LogP contribution < -0.4 is 15.8 Å². The normalized spacial score (nSPS) is 12.2. The Morgan fingerprint density at radius 3 is 2.22 bits per heavy atom. The lowest BCUT2D eigenvalue weighted by atomic mass is 10.1. The number of carbonyl (C=O) groups is 2. The molecule has 32 heavy (non-hydrogen) atoms. The first-order valence-electron chi connectivity index (χ1n) is 9.38. The summed E-state index contributed by atoms with van der Waals surface area (Å²) in [4.78, 5) is 24.0. The molecule has 4 N–H and O–H groups in total. The van der Waals surface area contributed by atoms with Crippen LogP contribution in [0.15, 0.2) is 77.7 Å². The van der Waals surface area contributed by atoms with Crippen LogP contribution >= 0.6 is 23.2 Å². The summed E-state index contributed by atoms with van der Waals surface area (Å²) in [7, 11) is -4.18. The molecule has 7 nitrogen and oxygen atoms in total. The summed E-state index contributed by atoms with van der Waals surface area (Å²) in [5, 5.41) is 2.81. The van der Waals surface area contributed by atoms with Gasteiger partial charge in [-0.3, -0.25) is 9.59 Å². The number of primary amides is 1. The first kappa shape index (κ1) is 23.7. The number of sulfonamides is 1. The van der Waals surface area contributed by atoms with Crippen molar-refractivity contribution in [3.05, 3.63) is 94.0 Å². The molecule has 0 aliphatic carbocycles. The number of hydrogen-bond acceptors (Lipinski definition) is 4. The summed E-state index contributed by atoms with van der Waals surface area (Å²) in [6.45, 7) is 0. The Labute approximate surface area is 195 Å². The van der Waals surface area contributed by atoms with Crippen molar-refractivity contribution in [1.82, 2.24) is 4.72 Å². The van der Waals surface area contributed by atoms with Crippen LogP contribution in [-0.4, -0.2) is 26.3 Å². The van der Waals surface area contributed by atoms with Crippen molar-refractivity contribution in [2.75, 3.05) is 5.32 Å². The van der Waals surface area contributed by atoms with E-state index in [2.05, 4.69) is 10.0 Å². The van der Waals surface area contributed by atoms with Crippen LogP contribution in [0.25, 0.3) is 0 Å². The van der Waals surface area contributed by atoms with Crippen molar-refractivity contribution >= 4 is 50.7 Å². The molecule has 0 aromatic heterocycles. The number of carbonyl (C=O) groups excluding carboxylic acids is 2. The van der Waals surface area contributed by atoms with Gasteiger partial charge in [-0.05, 0) is 54.4 Å². The molecule has 166 valence electrons. The number of benzene rings is 3. The smallest absolute Gasteiger partial charge is 0.248 e. The maximum atomic E-state index is 13.0. The average molecular weight is 492 g/mol. The van der Waals surface area contributed by atoms with Gasteiger partial charge in [0.2, 0.25) is 21.8 Å². The van der Waals surface area contributed by atoms with Crippen LogP contribution in [-0.2, 0) is 21.2 Å². The van der Waals surface area contributed by atoms with Gasteiger partial charge < -0.3 is 11.1 Å². The molecule has 0 heterocycles. The fourth-order valence-electron chi connectivity index (χ4n) is 2.92. The molecule has 0 saturated heterocycles. The van der Waals surface area contributed by atoms with E-state index < -0.39 is 27.9 Å². The summed E-state index contributed by atoms with van der Waals surface area (Å²) in [5.74, 6) is -1.20. The molecule has 0 bridgehead atoms. The van der Waals surface area contributed by atoms with Gasteiger partial charge in [0.15, 0.2) is 0 Å². The van der Waals surface area contributed by atoms with E-state index in [0.29, 0.717) is 5.69 Å². The molecule has 3 aromatic rings. The summed E-state index contributed by atoms with van der Waals surface area (Å²) in [6.07, 6.45) is 0.0868. The van der Waals surface area contributed by atoms with Crippen LogP contribution in [0.1, 0.15) is 15.9 Å². The number of amides is 2. The highest BCUT2D eigenvalue weighted by Crippen LogP contribution is 2.25. The highest BCUT2D eigenvalue weighted by atomic mass is 35.5. The first-order valence-corrected chi connectivity index (χ1v) is 11.6. The summed E-state index contributed by atoms with van der Waals surface area (Å²) in [5.41, 5.74) is 6.62. The van der Waals surface area contributed by atoms with Crippen molar-refractivity contribution in [2.45, 2.75) is 17.4 Å². The number of nitrogens with one attached hydrogen (secondary N) is 2. The van der Waals surface area contributed by atoms with Gasteiger partial charge in [0.05, 0.1) is 5.02 Å². The fourth-order valence-corrected chi connectivity index (χ4v) is 4.88. The number of nitrogens with two attached hydrogens (primary N) is 1. The third-order valence-electron chi connectivity index (χ3n) is 4.52. The molecular formula is C22H19Cl2N3O4S. The van der Waals surface area contributed by atoms with E-state index in [0.717, 1.165) is 5.56 Å². The second kappa shape index (κ2) is 10.1. The van der Waals surface area contributed by atoms with Crippen LogP contribution in [0.4, 0.5) is 5.69 Å². The number of halogens is 2. The molecule has 0 fully saturated rings. The summed E-state index contributed by atoms with van der Waals surface area (Å²) < 4.78 is 28.4. The van der Waals surface area contributed by atoms with E-state index in [1.165, 1.54) is 42.5 Å². The van der Waals surface area contributed by atoms with Gasteiger partial charge in [0.25, 0.3) is 0 Å². The quantitative estimate of drug-likeness (QED) is 0.445. The largest absolute Gasteiger partial charge is 0.366 e. The van der Waals surface area contributed by atoms with Crippen LogP contribution in [0.3, 0.4) is 0 Å². The minimum absolute atomic E-state index is 0.0252. The lowest BCUT2D eigenvalue weighted by molar-refractivity contribution is -0.117. The van der Waals surface area contributed by atoms with E-state index in [1.807, 2.05) is 6.07 Å². The topological polar surface area (TPSA) is 118 Å². The Bertz CT molecular complexity index is 1230. The van der Waals surface area contributed by atoms with Crippen molar-refractivity contribution in [1.29, 1.82) is 0 Å². The zero-order chi connectivity index (χ0) is 23.3. The number of hydrogen-bond donors (Lipinski definition) is 3. The molecular weight excluding hydrogens is 473 g/mol. The van der Waals surface area contributed by atoms with Gasteiger partial charge in [-0.15, -0.1) is 0 Å². The third kappa shape index (κ3) is 6.08. The first-order chi connectivity index (χ1) is 15.2. The molecule has 2 amide bonds. The van der Waals surface area contributed by atoms with Crippen molar-refractivity contribution in [3.8, 4) is 0 Å². The van der Waals surface area contributed by atoms with E-state index in [4.69, 9.17) is 28.9 Å². The minimum atomic E-state index is -4.18. The lowest BCUT2D eigenvalue weighted by Crippen LogP contribution is -2.45. The summed E-state index contributed by atoms with van der Waals surface area (Å²) >= 11 is 12.0. The molecule has 10 heteroatoms. The monoisotopic (exact) mass is 491 g/mol. The number of anilines is 1. The van der Waals surface area contributed by atoms with E-state index in [1.54, 1.807) is 24.3 Å². The fraction of sp³-hybridized carbons (Fsp3) is 0.0909. The maximum absolute atomic E-state index is 13.0. The zero-order valence-electron chi connectivity index (χ0n) is 16.6. The van der Waals surface area contributed by atoms with Crippen molar-refractivity contribution in [3.63, 3.8) is 0 Å². The SMILES string of the molecule is NC(=O)c1ccc(NC(=O)[C@H](Cc2ccccc2)NS(=O)(=O)c2cc(Cl)ccc2Cl)cc1. The Morgan fingerprint density at radius 2 is 1.59 bits per heavy atom. The minimum Gasteiger partial charge on any atom is -0.366 e. The average Bonchev–Trinajstić information content (AvgIpc) is 2.76. The van der Waals surface area contributed by atoms with Gasteiger partial charge in [0.1, 0.15) is 10.9 Å². The molecule has 0 aliphatic heterocycles. The van der Waals surface area contributed by atoms with E-state index in [-0.39, 0.29) is 26.9 Å². The molecule has 0 saturated carbocycles. The molecule has 0 aliphatic rings. The van der Waals surface area contributed by atoms with Gasteiger partial charge in [-0.1, -0.05) is 53.5 Å². The molecule has 0 unspecified atom stereocenters. The highest BCUT2D eigenvalue weighted by molar-refractivity contribution is 7.89. The lowest BCUT2D eigenvalue weighted by Gasteiger charge is -2.19. The Kier molecular flexibility index (Phi) is 7.52. The molecule has 1 atom stereocenters. The number of rotatable bonds is 8. The molecule has 3 aromatic carbocycles. The second-order valence-corrected chi connectivity index (χ2v) is 9.40.